The van der Waals surface area contributed by atoms with Crippen molar-refractivity contribution in [2.45, 2.75) is 44.7 Å². The van der Waals surface area contributed by atoms with Gasteiger partial charge in [0.2, 0.25) is 0 Å². The summed E-state index contributed by atoms with van der Waals surface area (Å²) in [5.41, 5.74) is 3.02. The van der Waals surface area contributed by atoms with Crippen LogP contribution in [0, 0.1) is 0 Å². The summed E-state index contributed by atoms with van der Waals surface area (Å²) in [5.74, 6) is 0.134. The SMILES string of the molecule is CN(Cc1ccccc1NC(=O)c1ccc2c(c1)OCC(=O)N2)C1CCCCC1. The first-order valence-electron chi connectivity index (χ1n) is 10.3. The molecule has 2 amide bonds. The van der Waals surface area contributed by atoms with E-state index in [1.165, 1.54) is 32.1 Å². The molecule has 1 heterocycles. The summed E-state index contributed by atoms with van der Waals surface area (Å²) in [7, 11) is 2.17. The predicted octanol–water partition coefficient (Wildman–Crippen LogP) is 4.03. The number of carbonyl (C=O) groups is 2. The largest absolute Gasteiger partial charge is 0.482 e. The highest BCUT2D eigenvalue weighted by atomic mass is 16.5. The monoisotopic (exact) mass is 393 g/mol. The minimum absolute atomic E-state index is 0.0333. The molecule has 152 valence electrons. The molecule has 6 nitrogen and oxygen atoms in total. The zero-order chi connectivity index (χ0) is 20.2. The Bertz CT molecular complexity index is 906. The molecule has 1 fully saturated rings. The Morgan fingerprint density at radius 3 is 2.79 bits per heavy atom. The van der Waals surface area contributed by atoms with E-state index in [0.717, 1.165) is 17.8 Å². The van der Waals surface area contributed by atoms with E-state index in [4.69, 9.17) is 4.74 Å². The summed E-state index contributed by atoms with van der Waals surface area (Å²) >= 11 is 0. The van der Waals surface area contributed by atoms with Crippen LogP contribution >= 0.6 is 0 Å². The van der Waals surface area contributed by atoms with E-state index in [0.29, 0.717) is 23.0 Å². The Morgan fingerprint density at radius 2 is 1.97 bits per heavy atom. The van der Waals surface area contributed by atoms with Crippen LogP contribution in [-0.4, -0.2) is 36.4 Å². The second-order valence-electron chi connectivity index (χ2n) is 7.87. The van der Waals surface area contributed by atoms with Gasteiger partial charge < -0.3 is 15.4 Å². The average molecular weight is 393 g/mol. The summed E-state index contributed by atoms with van der Waals surface area (Å²) in [6, 6.07) is 13.6. The third kappa shape index (κ3) is 4.59. The van der Waals surface area contributed by atoms with E-state index < -0.39 is 0 Å². The topological polar surface area (TPSA) is 70.7 Å². The number of hydrogen-bond donors (Lipinski definition) is 2. The Hall–Kier alpha value is -2.86. The van der Waals surface area contributed by atoms with E-state index in [-0.39, 0.29) is 18.4 Å². The molecule has 0 saturated heterocycles. The lowest BCUT2D eigenvalue weighted by molar-refractivity contribution is -0.118. The number of ether oxygens (including phenoxy) is 1. The molecule has 29 heavy (non-hydrogen) atoms. The molecular formula is C23H27N3O3. The molecule has 0 bridgehead atoms. The number of nitrogens with zero attached hydrogens (tertiary/aromatic N) is 1. The molecule has 0 atom stereocenters. The number of fused-ring (bicyclic) bond motifs is 1. The second kappa shape index (κ2) is 8.66. The third-order valence-electron chi connectivity index (χ3n) is 5.76. The van der Waals surface area contributed by atoms with Crippen LogP contribution in [0.5, 0.6) is 5.75 Å². The van der Waals surface area contributed by atoms with Crippen molar-refractivity contribution in [2.24, 2.45) is 0 Å². The first-order chi connectivity index (χ1) is 14.1. The number of rotatable bonds is 5. The third-order valence-corrected chi connectivity index (χ3v) is 5.76. The normalized spacial score (nSPS) is 16.7. The van der Waals surface area contributed by atoms with E-state index in [1.54, 1.807) is 18.2 Å². The van der Waals surface area contributed by atoms with Gasteiger partial charge >= 0.3 is 0 Å². The minimum atomic E-state index is -0.193. The smallest absolute Gasteiger partial charge is 0.262 e. The number of anilines is 2. The number of carbonyl (C=O) groups excluding carboxylic acids is 2. The van der Waals surface area contributed by atoms with Gasteiger partial charge in [-0.1, -0.05) is 37.5 Å². The molecule has 0 unspecified atom stereocenters. The molecule has 1 aliphatic heterocycles. The molecule has 0 aromatic heterocycles. The van der Waals surface area contributed by atoms with E-state index in [9.17, 15) is 9.59 Å². The molecule has 2 aromatic rings. The molecule has 2 aliphatic rings. The van der Waals surface area contributed by atoms with Crippen molar-refractivity contribution in [1.29, 1.82) is 0 Å². The zero-order valence-electron chi connectivity index (χ0n) is 16.7. The van der Waals surface area contributed by atoms with Crippen molar-refractivity contribution in [2.75, 3.05) is 24.3 Å². The van der Waals surface area contributed by atoms with Gasteiger partial charge in [0.1, 0.15) is 5.75 Å². The van der Waals surface area contributed by atoms with Crippen molar-refractivity contribution in [3.8, 4) is 5.75 Å². The first-order valence-corrected chi connectivity index (χ1v) is 10.3. The lowest BCUT2D eigenvalue weighted by Crippen LogP contribution is -2.33. The Balaban J connectivity index is 1.47. The minimum Gasteiger partial charge on any atom is -0.482 e. The van der Waals surface area contributed by atoms with Crippen LogP contribution in [0.4, 0.5) is 11.4 Å². The van der Waals surface area contributed by atoms with Crippen molar-refractivity contribution in [3.63, 3.8) is 0 Å². The highest BCUT2D eigenvalue weighted by Gasteiger charge is 2.20. The highest BCUT2D eigenvalue weighted by molar-refractivity contribution is 6.06. The summed E-state index contributed by atoms with van der Waals surface area (Å²) in [4.78, 5) is 26.6. The van der Waals surface area contributed by atoms with E-state index in [2.05, 4.69) is 28.6 Å². The summed E-state index contributed by atoms with van der Waals surface area (Å²) in [6.45, 7) is 0.773. The van der Waals surface area contributed by atoms with Crippen LogP contribution in [0.2, 0.25) is 0 Å². The van der Waals surface area contributed by atoms with Crippen LogP contribution in [0.3, 0.4) is 0 Å². The first kappa shape index (κ1) is 19.5. The van der Waals surface area contributed by atoms with Crippen molar-refractivity contribution >= 4 is 23.2 Å². The fourth-order valence-corrected chi connectivity index (χ4v) is 4.11. The van der Waals surface area contributed by atoms with Gasteiger partial charge in [0.05, 0.1) is 5.69 Å². The van der Waals surface area contributed by atoms with Gasteiger partial charge in [0.15, 0.2) is 6.61 Å². The highest BCUT2D eigenvalue weighted by Crippen LogP contribution is 2.29. The Morgan fingerprint density at radius 1 is 1.17 bits per heavy atom. The molecule has 1 aliphatic carbocycles. The van der Waals surface area contributed by atoms with Gasteiger partial charge in [-0.05, 0) is 49.7 Å². The summed E-state index contributed by atoms with van der Waals surface area (Å²) < 4.78 is 5.42. The van der Waals surface area contributed by atoms with Crippen LogP contribution in [0.15, 0.2) is 42.5 Å². The number of para-hydroxylation sites is 1. The zero-order valence-corrected chi connectivity index (χ0v) is 16.7. The standard InChI is InChI=1S/C23H27N3O3/c1-26(18-8-3-2-4-9-18)14-17-7-5-6-10-19(17)25-23(28)16-11-12-20-21(13-16)29-15-22(27)24-20/h5-7,10-13,18H,2-4,8-9,14-15H2,1H3,(H,24,27)(H,25,28). The van der Waals surface area contributed by atoms with Crippen LogP contribution < -0.4 is 15.4 Å². The summed E-state index contributed by atoms with van der Waals surface area (Å²) in [6.07, 6.45) is 6.43. The van der Waals surface area contributed by atoms with Gasteiger partial charge in [0, 0.05) is 23.8 Å². The Labute approximate surface area is 171 Å². The van der Waals surface area contributed by atoms with Crippen LogP contribution in [0.25, 0.3) is 0 Å². The number of hydrogen-bond acceptors (Lipinski definition) is 4. The van der Waals surface area contributed by atoms with Gasteiger partial charge in [-0.15, -0.1) is 0 Å². The van der Waals surface area contributed by atoms with E-state index in [1.807, 2.05) is 18.2 Å². The van der Waals surface area contributed by atoms with E-state index >= 15 is 0 Å². The molecule has 0 spiro atoms. The number of benzene rings is 2. The van der Waals surface area contributed by atoms with Crippen molar-refractivity contribution in [3.05, 3.63) is 53.6 Å². The van der Waals surface area contributed by atoms with Gasteiger partial charge in [-0.25, -0.2) is 0 Å². The van der Waals surface area contributed by atoms with Crippen LogP contribution in [0.1, 0.15) is 48.0 Å². The fourth-order valence-electron chi connectivity index (χ4n) is 4.11. The molecule has 1 saturated carbocycles. The maximum absolute atomic E-state index is 12.8. The Kier molecular flexibility index (Phi) is 5.81. The molecule has 2 aromatic carbocycles. The van der Waals surface area contributed by atoms with Crippen LogP contribution in [-0.2, 0) is 11.3 Å². The molecule has 4 rings (SSSR count). The molecule has 0 radical (unpaired) electrons. The lowest BCUT2D eigenvalue weighted by Gasteiger charge is -2.31. The maximum Gasteiger partial charge on any atom is 0.262 e. The van der Waals surface area contributed by atoms with Crippen molar-refractivity contribution < 1.29 is 14.3 Å². The average Bonchev–Trinajstić information content (AvgIpc) is 2.75. The molecular weight excluding hydrogens is 366 g/mol. The van der Waals surface area contributed by atoms with Gasteiger partial charge in [-0.2, -0.15) is 0 Å². The number of nitrogens with one attached hydrogen (secondary N) is 2. The van der Waals surface area contributed by atoms with Crippen molar-refractivity contribution in [1.82, 2.24) is 4.90 Å². The molecule has 2 N–H and O–H groups in total. The lowest BCUT2D eigenvalue weighted by atomic mass is 9.94. The predicted molar refractivity (Wildman–Crippen MR) is 113 cm³/mol. The molecule has 6 heteroatoms. The second-order valence-corrected chi connectivity index (χ2v) is 7.87. The van der Waals surface area contributed by atoms with Gasteiger partial charge in [-0.3, -0.25) is 14.5 Å². The maximum atomic E-state index is 12.8. The number of amides is 2. The summed E-state index contributed by atoms with van der Waals surface area (Å²) in [5, 5.41) is 5.78. The van der Waals surface area contributed by atoms with Gasteiger partial charge in [0.25, 0.3) is 11.8 Å². The fraction of sp³-hybridized carbons (Fsp3) is 0.391. The quantitative estimate of drug-likeness (QED) is 0.804.